The van der Waals surface area contributed by atoms with E-state index in [1.54, 1.807) is 0 Å². The highest BCUT2D eigenvalue weighted by atomic mass is 32.2. The zero-order chi connectivity index (χ0) is 18.8. The standard InChI is InChI=1S/C15H18F2N2O5S/c1-9-6-10(13(20)21)8-19(7-9)15(22)18-11-2-4-12(5-3-11)25(23,24)14(16)17/h2-5,9-10,14H,6-8H2,1H3,(H,18,22)(H,20,21). The van der Waals surface area contributed by atoms with Gasteiger partial charge in [-0.1, -0.05) is 6.92 Å². The number of nitrogens with one attached hydrogen (secondary N) is 1. The summed E-state index contributed by atoms with van der Waals surface area (Å²) < 4.78 is 47.7. The molecule has 1 saturated heterocycles. The first-order valence-electron chi connectivity index (χ1n) is 7.52. The summed E-state index contributed by atoms with van der Waals surface area (Å²) in [6.07, 6.45) is 0.485. The molecule has 2 N–H and O–H groups in total. The summed E-state index contributed by atoms with van der Waals surface area (Å²) in [5.74, 6) is -5.10. The SMILES string of the molecule is CC1CC(C(=O)O)CN(C(=O)Nc2ccc(S(=O)(=O)C(F)F)cc2)C1. The van der Waals surface area contributed by atoms with Crippen LogP contribution in [0.2, 0.25) is 0 Å². The zero-order valence-electron chi connectivity index (χ0n) is 13.4. The summed E-state index contributed by atoms with van der Waals surface area (Å²) in [7, 11) is -4.69. The predicted molar refractivity (Wildman–Crippen MR) is 85.1 cm³/mol. The molecular formula is C15H18F2N2O5S. The summed E-state index contributed by atoms with van der Waals surface area (Å²) in [5, 5.41) is 11.6. The summed E-state index contributed by atoms with van der Waals surface area (Å²) >= 11 is 0. The van der Waals surface area contributed by atoms with Gasteiger partial charge < -0.3 is 15.3 Å². The van der Waals surface area contributed by atoms with Gasteiger partial charge in [0.05, 0.1) is 10.8 Å². The number of amides is 2. The van der Waals surface area contributed by atoms with Crippen molar-refractivity contribution in [1.29, 1.82) is 0 Å². The van der Waals surface area contributed by atoms with Gasteiger partial charge >= 0.3 is 17.8 Å². The van der Waals surface area contributed by atoms with E-state index in [-0.39, 0.29) is 18.2 Å². The number of hydrogen-bond acceptors (Lipinski definition) is 4. The Morgan fingerprint density at radius 2 is 1.84 bits per heavy atom. The van der Waals surface area contributed by atoms with E-state index in [9.17, 15) is 26.8 Å². The Balaban J connectivity index is 2.07. The minimum atomic E-state index is -4.69. The molecule has 1 aliphatic heterocycles. The van der Waals surface area contributed by atoms with Crippen LogP contribution in [0.1, 0.15) is 13.3 Å². The van der Waals surface area contributed by atoms with E-state index in [0.717, 1.165) is 12.1 Å². The molecule has 0 aromatic heterocycles. The number of carboxylic acids is 1. The Kier molecular flexibility index (Phi) is 5.61. The molecule has 1 fully saturated rings. The van der Waals surface area contributed by atoms with Crippen LogP contribution >= 0.6 is 0 Å². The number of carbonyl (C=O) groups is 2. The van der Waals surface area contributed by atoms with Crippen LogP contribution in [0.15, 0.2) is 29.2 Å². The fourth-order valence-corrected chi connectivity index (χ4v) is 3.45. The number of urea groups is 1. The molecule has 2 unspecified atom stereocenters. The maximum atomic E-state index is 12.5. The second kappa shape index (κ2) is 7.34. The van der Waals surface area contributed by atoms with Gasteiger partial charge in [0, 0.05) is 18.8 Å². The van der Waals surface area contributed by atoms with Crippen LogP contribution in [0.3, 0.4) is 0 Å². The molecule has 2 amide bonds. The number of anilines is 1. The van der Waals surface area contributed by atoms with Gasteiger partial charge in [-0.2, -0.15) is 8.78 Å². The quantitative estimate of drug-likeness (QED) is 0.839. The summed E-state index contributed by atoms with van der Waals surface area (Å²) in [4.78, 5) is 24.2. The highest BCUT2D eigenvalue weighted by Gasteiger charge is 2.32. The number of alkyl halides is 2. The number of halogens is 2. The number of piperidine rings is 1. The number of hydrogen-bond donors (Lipinski definition) is 2. The van der Waals surface area contributed by atoms with Gasteiger partial charge in [0.15, 0.2) is 0 Å². The Morgan fingerprint density at radius 3 is 2.36 bits per heavy atom. The number of nitrogens with zero attached hydrogens (tertiary/aromatic N) is 1. The van der Waals surface area contributed by atoms with Gasteiger partial charge in [-0.05, 0) is 36.6 Å². The van der Waals surface area contributed by atoms with E-state index in [1.807, 2.05) is 6.92 Å². The van der Waals surface area contributed by atoms with Crippen molar-refractivity contribution in [2.24, 2.45) is 11.8 Å². The molecule has 1 aromatic rings. The highest BCUT2D eigenvalue weighted by molar-refractivity contribution is 7.91. The highest BCUT2D eigenvalue weighted by Crippen LogP contribution is 2.24. The van der Waals surface area contributed by atoms with E-state index in [0.29, 0.717) is 13.0 Å². The molecule has 25 heavy (non-hydrogen) atoms. The third kappa shape index (κ3) is 4.44. The first-order valence-corrected chi connectivity index (χ1v) is 9.06. The molecular weight excluding hydrogens is 358 g/mol. The first kappa shape index (κ1) is 19.1. The molecule has 2 atom stereocenters. The second-order valence-corrected chi connectivity index (χ2v) is 7.96. The molecule has 0 saturated carbocycles. The maximum Gasteiger partial charge on any atom is 0.341 e. The molecule has 0 aliphatic carbocycles. The predicted octanol–water partition coefficient (Wildman–Crippen LogP) is 2.26. The van der Waals surface area contributed by atoms with Crippen LogP contribution in [0, 0.1) is 11.8 Å². The van der Waals surface area contributed by atoms with E-state index in [2.05, 4.69) is 5.32 Å². The smallest absolute Gasteiger partial charge is 0.341 e. The number of likely N-dealkylation sites (tertiary alicyclic amines) is 1. The Morgan fingerprint density at radius 1 is 1.24 bits per heavy atom. The first-order chi connectivity index (χ1) is 11.6. The lowest BCUT2D eigenvalue weighted by atomic mass is 9.91. The number of sulfone groups is 1. The number of benzene rings is 1. The minimum absolute atomic E-state index is 0.0270. The van der Waals surface area contributed by atoms with Crippen LogP contribution in [-0.4, -0.2) is 49.3 Å². The summed E-state index contributed by atoms with van der Waals surface area (Å²) in [6.45, 7) is 2.32. The maximum absolute atomic E-state index is 12.5. The molecule has 0 radical (unpaired) electrons. The van der Waals surface area contributed by atoms with Crippen LogP contribution in [-0.2, 0) is 14.6 Å². The van der Waals surface area contributed by atoms with Crippen LogP contribution in [0.5, 0.6) is 0 Å². The lowest BCUT2D eigenvalue weighted by molar-refractivity contribution is -0.143. The third-order valence-corrected chi connectivity index (χ3v) is 5.36. The van der Waals surface area contributed by atoms with Gasteiger partial charge in [-0.3, -0.25) is 4.79 Å². The molecule has 1 aromatic carbocycles. The molecule has 0 bridgehead atoms. The van der Waals surface area contributed by atoms with Crippen molar-refractivity contribution < 1.29 is 31.9 Å². The number of carbonyl (C=O) groups excluding carboxylic acids is 1. The zero-order valence-corrected chi connectivity index (χ0v) is 14.2. The normalized spacial score (nSPS) is 21.2. The molecule has 7 nitrogen and oxygen atoms in total. The van der Waals surface area contributed by atoms with E-state index < -0.39 is 38.4 Å². The van der Waals surface area contributed by atoms with Gasteiger partial charge in [-0.25, -0.2) is 13.2 Å². The Hall–Kier alpha value is -2.23. The lowest BCUT2D eigenvalue weighted by Gasteiger charge is -2.34. The van der Waals surface area contributed by atoms with E-state index in [4.69, 9.17) is 5.11 Å². The van der Waals surface area contributed by atoms with Crippen LogP contribution in [0.25, 0.3) is 0 Å². The van der Waals surface area contributed by atoms with Crippen molar-refractivity contribution in [2.75, 3.05) is 18.4 Å². The van der Waals surface area contributed by atoms with Crippen molar-refractivity contribution in [1.82, 2.24) is 4.90 Å². The average molecular weight is 376 g/mol. The molecule has 2 rings (SSSR count). The van der Waals surface area contributed by atoms with Gasteiger partial charge in [0.25, 0.3) is 0 Å². The lowest BCUT2D eigenvalue weighted by Crippen LogP contribution is -2.47. The molecule has 1 heterocycles. The van der Waals surface area contributed by atoms with Crippen molar-refractivity contribution in [2.45, 2.75) is 24.0 Å². The van der Waals surface area contributed by atoms with Crippen molar-refractivity contribution in [3.05, 3.63) is 24.3 Å². The molecule has 138 valence electrons. The second-order valence-electron chi connectivity index (χ2n) is 6.04. The monoisotopic (exact) mass is 376 g/mol. The Bertz CT molecular complexity index is 752. The van der Waals surface area contributed by atoms with Gasteiger partial charge in [-0.15, -0.1) is 0 Å². The molecule has 1 aliphatic rings. The molecule has 10 heteroatoms. The Labute approximate surface area is 143 Å². The van der Waals surface area contributed by atoms with E-state index in [1.165, 1.54) is 17.0 Å². The summed E-state index contributed by atoms with van der Waals surface area (Å²) in [5.41, 5.74) is 0.225. The number of carboxylic acid groups (broad SMARTS) is 1. The van der Waals surface area contributed by atoms with Gasteiger partial charge in [0.2, 0.25) is 9.84 Å². The van der Waals surface area contributed by atoms with Crippen LogP contribution in [0.4, 0.5) is 19.3 Å². The minimum Gasteiger partial charge on any atom is -0.481 e. The van der Waals surface area contributed by atoms with Crippen molar-refractivity contribution in [3.8, 4) is 0 Å². The summed E-state index contributed by atoms with van der Waals surface area (Å²) in [6, 6.07) is 3.85. The fourth-order valence-electron chi connectivity index (χ4n) is 2.73. The van der Waals surface area contributed by atoms with Crippen LogP contribution < -0.4 is 5.32 Å². The number of aliphatic carboxylic acids is 1. The third-order valence-electron chi connectivity index (χ3n) is 3.96. The van der Waals surface area contributed by atoms with Gasteiger partial charge in [0.1, 0.15) is 0 Å². The largest absolute Gasteiger partial charge is 0.481 e. The van der Waals surface area contributed by atoms with Crippen molar-refractivity contribution >= 4 is 27.5 Å². The fraction of sp³-hybridized carbons (Fsp3) is 0.467. The molecule has 0 spiro atoms. The topological polar surface area (TPSA) is 104 Å². The average Bonchev–Trinajstić information content (AvgIpc) is 2.54. The number of rotatable bonds is 4. The van der Waals surface area contributed by atoms with E-state index >= 15 is 0 Å². The van der Waals surface area contributed by atoms with Crippen molar-refractivity contribution in [3.63, 3.8) is 0 Å².